The fraction of sp³-hybridized carbons (Fsp3) is 0.833. The largest absolute Gasteiger partial charge is 0.480 e. The van der Waals surface area contributed by atoms with E-state index in [0.29, 0.717) is 12.8 Å². The molecule has 0 spiro atoms. The first-order chi connectivity index (χ1) is 8.33. The highest BCUT2D eigenvalue weighted by Crippen LogP contribution is 2.09. The number of hydrogen-bond acceptors (Lipinski definition) is 4. The molecule has 3 atom stereocenters. The maximum absolute atomic E-state index is 11.9. The smallest absolute Gasteiger partial charge is 0.326 e. The molecule has 6 heteroatoms. The van der Waals surface area contributed by atoms with Gasteiger partial charge >= 0.3 is 5.97 Å². The molecule has 0 heterocycles. The SMILES string of the molecule is CC[C@H](C)[C@H](NO)C(=O)N[C@@H](CC(C)C)C(=O)O. The summed E-state index contributed by atoms with van der Waals surface area (Å²) in [6.45, 7) is 7.48. The van der Waals surface area contributed by atoms with Crippen LogP contribution in [0.5, 0.6) is 0 Å². The number of amides is 1. The molecule has 4 N–H and O–H groups in total. The van der Waals surface area contributed by atoms with Crippen LogP contribution in [0.15, 0.2) is 0 Å². The third-order valence-electron chi connectivity index (χ3n) is 2.96. The molecule has 0 aliphatic rings. The Bertz CT molecular complexity index is 281. The molecule has 0 fully saturated rings. The minimum Gasteiger partial charge on any atom is -0.480 e. The van der Waals surface area contributed by atoms with Crippen LogP contribution >= 0.6 is 0 Å². The molecule has 0 bridgehead atoms. The second kappa shape index (κ2) is 8.05. The Balaban J connectivity index is 4.61. The Morgan fingerprint density at radius 2 is 1.78 bits per heavy atom. The van der Waals surface area contributed by atoms with Crippen LogP contribution in [-0.4, -0.2) is 34.3 Å². The molecule has 0 aliphatic carbocycles. The molecule has 18 heavy (non-hydrogen) atoms. The van der Waals surface area contributed by atoms with Crippen molar-refractivity contribution in [2.45, 2.75) is 52.6 Å². The summed E-state index contributed by atoms with van der Waals surface area (Å²) in [6, 6.07) is -1.71. The highest BCUT2D eigenvalue weighted by atomic mass is 16.5. The van der Waals surface area contributed by atoms with Gasteiger partial charge in [0.1, 0.15) is 12.1 Å². The van der Waals surface area contributed by atoms with Crippen molar-refractivity contribution in [3.8, 4) is 0 Å². The number of hydroxylamine groups is 1. The summed E-state index contributed by atoms with van der Waals surface area (Å²) in [7, 11) is 0. The number of carboxylic acids is 1. The zero-order valence-corrected chi connectivity index (χ0v) is 11.4. The van der Waals surface area contributed by atoms with Crippen molar-refractivity contribution in [1.82, 2.24) is 10.8 Å². The van der Waals surface area contributed by atoms with Crippen molar-refractivity contribution in [2.24, 2.45) is 11.8 Å². The lowest BCUT2D eigenvalue weighted by Gasteiger charge is -2.23. The molecule has 0 radical (unpaired) electrons. The molecule has 0 aliphatic heterocycles. The quantitative estimate of drug-likeness (QED) is 0.488. The summed E-state index contributed by atoms with van der Waals surface area (Å²) in [4.78, 5) is 22.9. The molecular formula is C12H24N2O4. The number of carbonyl (C=O) groups is 2. The first-order valence-corrected chi connectivity index (χ1v) is 6.26. The molecule has 0 aromatic carbocycles. The van der Waals surface area contributed by atoms with E-state index in [2.05, 4.69) is 5.32 Å². The predicted molar refractivity (Wildman–Crippen MR) is 67.2 cm³/mol. The lowest BCUT2D eigenvalue weighted by molar-refractivity contribution is -0.143. The van der Waals surface area contributed by atoms with Crippen molar-refractivity contribution in [2.75, 3.05) is 0 Å². The van der Waals surface area contributed by atoms with Crippen molar-refractivity contribution in [1.29, 1.82) is 0 Å². The summed E-state index contributed by atoms with van der Waals surface area (Å²) in [5.74, 6) is -1.46. The maximum atomic E-state index is 11.9. The Morgan fingerprint density at radius 1 is 1.22 bits per heavy atom. The van der Waals surface area contributed by atoms with E-state index in [1.165, 1.54) is 0 Å². The van der Waals surface area contributed by atoms with Gasteiger partial charge in [-0.1, -0.05) is 34.1 Å². The number of carbonyl (C=O) groups excluding carboxylic acids is 1. The number of rotatable bonds is 8. The van der Waals surface area contributed by atoms with E-state index in [-0.39, 0.29) is 11.8 Å². The van der Waals surface area contributed by atoms with Crippen LogP contribution in [-0.2, 0) is 9.59 Å². The number of carboxylic acid groups (broad SMARTS) is 1. The van der Waals surface area contributed by atoms with Gasteiger partial charge in [0.15, 0.2) is 0 Å². The normalized spacial score (nSPS) is 16.1. The summed E-state index contributed by atoms with van der Waals surface area (Å²) in [6.07, 6.45) is 1.06. The molecular weight excluding hydrogens is 236 g/mol. The lowest BCUT2D eigenvalue weighted by Crippen LogP contribution is -2.52. The Hall–Kier alpha value is -1.14. The fourth-order valence-corrected chi connectivity index (χ4v) is 1.63. The standard InChI is InChI=1S/C12H24N2O4/c1-5-8(4)10(14-18)11(15)13-9(12(16)17)6-7(2)3/h7-10,14,18H,5-6H2,1-4H3,(H,13,15)(H,16,17)/t8-,9-,10-/m0/s1. The molecule has 0 saturated heterocycles. The minimum atomic E-state index is -1.06. The van der Waals surface area contributed by atoms with Gasteiger partial charge in [-0.25, -0.2) is 4.79 Å². The van der Waals surface area contributed by atoms with Crippen LogP contribution in [0.4, 0.5) is 0 Å². The van der Waals surface area contributed by atoms with Gasteiger partial charge in [0.05, 0.1) is 0 Å². The van der Waals surface area contributed by atoms with Crippen molar-refractivity contribution in [3.05, 3.63) is 0 Å². The molecule has 0 rings (SSSR count). The lowest BCUT2D eigenvalue weighted by atomic mass is 9.98. The monoisotopic (exact) mass is 260 g/mol. The summed E-state index contributed by atoms with van der Waals surface area (Å²) in [5.41, 5.74) is 1.95. The molecule has 1 amide bonds. The number of aliphatic carboxylic acids is 1. The molecule has 106 valence electrons. The van der Waals surface area contributed by atoms with Crippen molar-refractivity contribution in [3.63, 3.8) is 0 Å². The summed E-state index contributed by atoms with van der Waals surface area (Å²) < 4.78 is 0. The highest BCUT2D eigenvalue weighted by molar-refractivity contribution is 5.87. The number of hydrogen-bond donors (Lipinski definition) is 4. The second-order valence-electron chi connectivity index (χ2n) is 5.02. The van der Waals surface area contributed by atoms with Crippen LogP contribution in [0.2, 0.25) is 0 Å². The van der Waals surface area contributed by atoms with Gasteiger partial charge in [0, 0.05) is 0 Å². The van der Waals surface area contributed by atoms with E-state index < -0.39 is 24.0 Å². The van der Waals surface area contributed by atoms with Gasteiger partial charge in [0.2, 0.25) is 5.91 Å². The average Bonchev–Trinajstić information content (AvgIpc) is 2.27. The van der Waals surface area contributed by atoms with Gasteiger partial charge in [0.25, 0.3) is 0 Å². The van der Waals surface area contributed by atoms with E-state index in [9.17, 15) is 9.59 Å². The fourth-order valence-electron chi connectivity index (χ4n) is 1.63. The minimum absolute atomic E-state index is 0.0801. The maximum Gasteiger partial charge on any atom is 0.326 e. The van der Waals surface area contributed by atoms with Gasteiger partial charge < -0.3 is 15.6 Å². The van der Waals surface area contributed by atoms with Crippen molar-refractivity contribution < 1.29 is 19.9 Å². The zero-order valence-electron chi connectivity index (χ0n) is 11.4. The van der Waals surface area contributed by atoms with E-state index in [0.717, 1.165) is 0 Å². The third kappa shape index (κ3) is 5.46. The van der Waals surface area contributed by atoms with Crippen LogP contribution in [0.3, 0.4) is 0 Å². The Morgan fingerprint density at radius 3 is 2.11 bits per heavy atom. The topological polar surface area (TPSA) is 98.7 Å². The van der Waals surface area contributed by atoms with Gasteiger partial charge in [-0.2, -0.15) is 5.48 Å². The molecule has 0 saturated carbocycles. The van der Waals surface area contributed by atoms with Crippen LogP contribution in [0, 0.1) is 11.8 Å². The molecule has 0 aromatic rings. The average molecular weight is 260 g/mol. The Labute approximate surface area is 108 Å². The van der Waals surface area contributed by atoms with Crippen LogP contribution in [0.1, 0.15) is 40.5 Å². The zero-order chi connectivity index (χ0) is 14.3. The second-order valence-corrected chi connectivity index (χ2v) is 5.02. The highest BCUT2D eigenvalue weighted by Gasteiger charge is 2.28. The molecule has 0 aromatic heterocycles. The van der Waals surface area contributed by atoms with Gasteiger partial charge in [-0.15, -0.1) is 0 Å². The van der Waals surface area contributed by atoms with Crippen LogP contribution < -0.4 is 10.8 Å². The Kier molecular flexibility index (Phi) is 7.54. The summed E-state index contributed by atoms with van der Waals surface area (Å²) >= 11 is 0. The van der Waals surface area contributed by atoms with Crippen molar-refractivity contribution >= 4 is 11.9 Å². The summed E-state index contributed by atoms with van der Waals surface area (Å²) in [5, 5.41) is 20.4. The third-order valence-corrected chi connectivity index (χ3v) is 2.96. The number of nitrogens with one attached hydrogen (secondary N) is 2. The predicted octanol–water partition coefficient (Wildman–Crippen LogP) is 0.995. The first kappa shape index (κ1) is 16.9. The van der Waals surface area contributed by atoms with Gasteiger partial charge in [-0.05, 0) is 18.3 Å². The van der Waals surface area contributed by atoms with E-state index in [1.807, 2.05) is 33.2 Å². The first-order valence-electron chi connectivity index (χ1n) is 6.26. The van der Waals surface area contributed by atoms with E-state index >= 15 is 0 Å². The van der Waals surface area contributed by atoms with Gasteiger partial charge in [-0.3, -0.25) is 4.79 Å². The van der Waals surface area contributed by atoms with E-state index in [4.69, 9.17) is 10.3 Å². The van der Waals surface area contributed by atoms with Crippen LogP contribution in [0.25, 0.3) is 0 Å². The molecule has 6 nitrogen and oxygen atoms in total. The van der Waals surface area contributed by atoms with E-state index in [1.54, 1.807) is 0 Å². The molecule has 0 unspecified atom stereocenters.